The Hall–Kier alpha value is -2.65. The summed E-state index contributed by atoms with van der Waals surface area (Å²) in [6.07, 6.45) is 4.35. The lowest BCUT2D eigenvalue weighted by molar-refractivity contribution is 0.0977. The summed E-state index contributed by atoms with van der Waals surface area (Å²) in [6, 6.07) is 23.0. The highest BCUT2D eigenvalue weighted by Gasteiger charge is 2.34. The first-order valence-electron chi connectivity index (χ1n) is 8.12. The van der Waals surface area contributed by atoms with E-state index in [1.54, 1.807) is 24.3 Å². The molecule has 0 atom stereocenters. The topological polar surface area (TPSA) is 34.1 Å². The van der Waals surface area contributed by atoms with Gasteiger partial charge in [-0.15, -0.1) is 0 Å². The number of ketones is 2. The van der Waals surface area contributed by atoms with Gasteiger partial charge in [-0.25, -0.2) is 0 Å². The Kier molecular flexibility index (Phi) is 3.62. The first kappa shape index (κ1) is 15.9. The zero-order chi connectivity index (χ0) is 17.6. The van der Waals surface area contributed by atoms with Gasteiger partial charge in [0.2, 0.25) is 0 Å². The molecule has 0 spiro atoms. The Bertz CT molecular complexity index is 1000. The normalized spacial score (nSPS) is 14.0. The lowest BCUT2D eigenvalue weighted by Crippen LogP contribution is -2.23. The Morgan fingerprint density at radius 1 is 0.600 bits per heavy atom. The molecule has 1 aliphatic rings. The number of fused-ring (bicyclic) bond motifs is 2. The van der Waals surface area contributed by atoms with E-state index in [1.807, 2.05) is 36.4 Å². The number of hydrogen-bond acceptors (Lipinski definition) is 2. The van der Waals surface area contributed by atoms with Crippen LogP contribution in [0, 0.1) is 0 Å². The molecule has 3 aromatic carbocycles. The van der Waals surface area contributed by atoms with E-state index < -0.39 is 10.0 Å². The molecule has 0 saturated heterocycles. The van der Waals surface area contributed by atoms with Gasteiger partial charge in [0, 0.05) is 27.1 Å². The van der Waals surface area contributed by atoms with Gasteiger partial charge in [0.1, 0.15) is 0 Å². The van der Waals surface area contributed by atoms with Crippen molar-refractivity contribution in [2.24, 2.45) is 0 Å². The molecule has 0 N–H and O–H groups in total. The van der Waals surface area contributed by atoms with Crippen LogP contribution < -0.4 is 0 Å². The summed E-state index contributed by atoms with van der Waals surface area (Å²) in [5.74, 6) is -0.104. The van der Waals surface area contributed by atoms with Crippen molar-refractivity contribution in [1.29, 1.82) is 0 Å². The highest BCUT2D eigenvalue weighted by Crippen LogP contribution is 2.58. The smallest absolute Gasteiger partial charge is 0.195 e. The largest absolute Gasteiger partial charge is 0.289 e. The van der Waals surface area contributed by atoms with E-state index in [1.165, 1.54) is 4.90 Å². The molecule has 0 fully saturated rings. The number of rotatable bonds is 2. The van der Waals surface area contributed by atoms with Gasteiger partial charge in [-0.3, -0.25) is 9.59 Å². The average molecular weight is 346 g/mol. The minimum atomic E-state index is -1.41. The summed E-state index contributed by atoms with van der Waals surface area (Å²) < 4.78 is 0. The van der Waals surface area contributed by atoms with Gasteiger partial charge in [0.15, 0.2) is 11.6 Å². The highest BCUT2D eigenvalue weighted by molar-refractivity contribution is 8.32. The third-order valence-electron chi connectivity index (χ3n) is 4.80. The van der Waals surface area contributed by atoms with E-state index in [9.17, 15) is 9.59 Å². The lowest BCUT2D eigenvalue weighted by atomic mass is 9.84. The van der Waals surface area contributed by atoms with Crippen LogP contribution in [0.25, 0.3) is 0 Å². The van der Waals surface area contributed by atoms with E-state index in [2.05, 4.69) is 24.6 Å². The molecule has 3 heteroatoms. The van der Waals surface area contributed by atoms with Crippen LogP contribution in [0.2, 0.25) is 0 Å². The van der Waals surface area contributed by atoms with Gasteiger partial charge in [-0.05, 0) is 35.6 Å². The Balaban J connectivity index is 1.97. The van der Waals surface area contributed by atoms with Gasteiger partial charge in [0.25, 0.3) is 0 Å². The molecular formula is C22H18O2S. The number of benzene rings is 3. The van der Waals surface area contributed by atoms with Gasteiger partial charge < -0.3 is 0 Å². The highest BCUT2D eigenvalue weighted by atomic mass is 32.3. The molecule has 4 rings (SSSR count). The molecule has 124 valence electrons. The maximum atomic E-state index is 13.2. The quantitative estimate of drug-likeness (QED) is 0.515. The van der Waals surface area contributed by atoms with E-state index >= 15 is 0 Å². The van der Waals surface area contributed by atoms with Gasteiger partial charge in [-0.2, -0.15) is 10.0 Å². The molecule has 0 bridgehead atoms. The first-order chi connectivity index (χ1) is 12.0. The van der Waals surface area contributed by atoms with Crippen molar-refractivity contribution in [1.82, 2.24) is 0 Å². The van der Waals surface area contributed by atoms with Gasteiger partial charge >= 0.3 is 0 Å². The average Bonchev–Trinajstić information content (AvgIpc) is 2.66. The van der Waals surface area contributed by atoms with Crippen LogP contribution >= 0.6 is 10.0 Å². The van der Waals surface area contributed by atoms with Crippen molar-refractivity contribution >= 4 is 21.6 Å². The second-order valence-corrected chi connectivity index (χ2v) is 10.1. The van der Waals surface area contributed by atoms with E-state index in [0.717, 1.165) is 4.90 Å². The molecule has 2 nitrogen and oxygen atoms in total. The van der Waals surface area contributed by atoms with E-state index in [-0.39, 0.29) is 11.6 Å². The zero-order valence-electron chi connectivity index (χ0n) is 14.2. The number of hydrogen-bond donors (Lipinski definition) is 0. The summed E-state index contributed by atoms with van der Waals surface area (Å²) in [5, 5.41) is 0. The maximum Gasteiger partial charge on any atom is 0.195 e. The molecule has 3 aromatic rings. The fourth-order valence-electron chi connectivity index (χ4n) is 3.43. The van der Waals surface area contributed by atoms with Crippen LogP contribution in [0.15, 0.2) is 82.6 Å². The van der Waals surface area contributed by atoms with Crippen LogP contribution in [0.1, 0.15) is 31.8 Å². The standard InChI is InChI=1S/C22H18O2S/c1-25(2,15-9-4-3-5-10-15)19-14-8-13-18-20(19)22(24)17-12-7-6-11-16(17)21(18)23/h3-14H,1-2H3. The third-order valence-corrected chi connectivity index (χ3v) is 7.69. The Labute approximate surface area is 148 Å². The maximum absolute atomic E-state index is 13.2. The molecule has 0 unspecified atom stereocenters. The molecule has 25 heavy (non-hydrogen) atoms. The minimum absolute atomic E-state index is 0.0442. The van der Waals surface area contributed by atoms with Crippen molar-refractivity contribution < 1.29 is 9.59 Å². The molecule has 0 saturated carbocycles. The van der Waals surface area contributed by atoms with Crippen molar-refractivity contribution in [2.75, 3.05) is 12.5 Å². The fourth-order valence-corrected chi connectivity index (χ4v) is 5.65. The predicted octanol–water partition coefficient (Wildman–Crippen LogP) is 4.94. The summed E-state index contributed by atoms with van der Waals surface area (Å²) in [6.45, 7) is 0. The molecule has 0 amide bonds. The number of carbonyl (C=O) groups excluding carboxylic acids is 2. The predicted molar refractivity (Wildman–Crippen MR) is 102 cm³/mol. The van der Waals surface area contributed by atoms with Crippen molar-refractivity contribution in [3.8, 4) is 0 Å². The molecule has 0 heterocycles. The van der Waals surface area contributed by atoms with E-state index in [0.29, 0.717) is 22.3 Å². The van der Waals surface area contributed by atoms with Crippen LogP contribution in [-0.2, 0) is 0 Å². The summed E-state index contributed by atoms with van der Waals surface area (Å²) in [5.41, 5.74) is 2.12. The van der Waals surface area contributed by atoms with Crippen molar-refractivity contribution in [2.45, 2.75) is 9.79 Å². The molecule has 0 aliphatic heterocycles. The fraction of sp³-hybridized carbons (Fsp3) is 0.0909. The number of carbonyl (C=O) groups is 2. The third kappa shape index (κ3) is 2.35. The summed E-state index contributed by atoms with van der Waals surface area (Å²) in [7, 11) is -1.41. The Morgan fingerprint density at radius 2 is 1.16 bits per heavy atom. The minimum Gasteiger partial charge on any atom is -0.289 e. The Morgan fingerprint density at radius 3 is 1.84 bits per heavy atom. The van der Waals surface area contributed by atoms with Gasteiger partial charge in [-0.1, -0.05) is 54.6 Å². The van der Waals surface area contributed by atoms with Crippen molar-refractivity contribution in [3.63, 3.8) is 0 Å². The monoisotopic (exact) mass is 346 g/mol. The summed E-state index contributed by atoms with van der Waals surface area (Å²) in [4.78, 5) is 28.3. The lowest BCUT2D eigenvalue weighted by Gasteiger charge is -2.35. The van der Waals surface area contributed by atoms with Gasteiger partial charge in [0.05, 0.1) is 0 Å². The van der Waals surface area contributed by atoms with E-state index in [4.69, 9.17) is 0 Å². The molecule has 0 radical (unpaired) electrons. The second-order valence-electron chi connectivity index (χ2n) is 6.52. The van der Waals surface area contributed by atoms with Crippen LogP contribution in [0.5, 0.6) is 0 Å². The molecular weight excluding hydrogens is 328 g/mol. The molecule has 1 aliphatic carbocycles. The first-order valence-corrected chi connectivity index (χ1v) is 10.6. The zero-order valence-corrected chi connectivity index (χ0v) is 15.0. The second kappa shape index (κ2) is 5.71. The van der Waals surface area contributed by atoms with Crippen LogP contribution in [0.3, 0.4) is 0 Å². The summed E-state index contributed by atoms with van der Waals surface area (Å²) >= 11 is 0. The van der Waals surface area contributed by atoms with Crippen LogP contribution in [-0.4, -0.2) is 24.1 Å². The van der Waals surface area contributed by atoms with Crippen LogP contribution in [0.4, 0.5) is 0 Å². The molecule has 0 aromatic heterocycles. The SMILES string of the molecule is CS(C)(c1ccccc1)c1cccc2c1C(=O)c1ccccc1C2=O. The van der Waals surface area contributed by atoms with Crippen molar-refractivity contribution in [3.05, 3.63) is 95.1 Å².